The van der Waals surface area contributed by atoms with Crippen LogP contribution in [0.15, 0.2) is 42.5 Å². The van der Waals surface area contributed by atoms with Gasteiger partial charge in [0.25, 0.3) is 0 Å². The fourth-order valence-corrected chi connectivity index (χ4v) is 9.13. The number of aryl methyl sites for hydroxylation is 2. The van der Waals surface area contributed by atoms with Crippen LogP contribution in [0.5, 0.6) is 5.75 Å². The molecule has 0 saturated heterocycles. The first-order chi connectivity index (χ1) is 24.8. The molecule has 5 N–H and O–H groups in total. The van der Waals surface area contributed by atoms with Gasteiger partial charge in [-0.3, -0.25) is 14.8 Å². The number of fused-ring (bicyclic) bond motifs is 3. The number of rotatable bonds is 13. The summed E-state index contributed by atoms with van der Waals surface area (Å²) < 4.78 is 20.5. The van der Waals surface area contributed by atoms with Crippen molar-refractivity contribution in [3.05, 3.63) is 64.8 Å². The predicted octanol–water partition coefficient (Wildman–Crippen LogP) is 10.1. The van der Waals surface area contributed by atoms with Gasteiger partial charge in [-0.15, -0.1) is 0 Å². The largest absolute Gasteiger partial charge is 0.493 e. The molecule has 51 heavy (non-hydrogen) atoms. The summed E-state index contributed by atoms with van der Waals surface area (Å²) >= 11 is 0. The Bertz CT molecular complexity index is 1550. The standard InChI is InChI=1S/C42H64N3O5P/c1-32-26-27-37(42(46)44-43)39-38-31-36(50-28-29-51(47,48)49)30-34(23-17-12-11-14-20-33-21-15-13-16-22-33)41(38)45(40(32)39)35-24-18-9-7-5-3-2-4-6-8-10-19-25-35/h13,15-16,21-22,30-32,35,37H,2-12,14,17-20,23-29,43H2,1H3,(H,44,46)(H2,47,48,49). The Labute approximate surface area is 306 Å². The SMILES string of the molecule is CC1CCC(C(=O)NN)c2c1n(C1CCCCCCCCCCCCC1)c1c(CCCCCCc3ccccc3)cc(OCCP(=O)(O)O)cc21. The van der Waals surface area contributed by atoms with Crippen LogP contribution in [-0.2, 0) is 22.2 Å². The van der Waals surface area contributed by atoms with Crippen LogP contribution in [0.3, 0.4) is 0 Å². The topological polar surface area (TPSA) is 127 Å². The van der Waals surface area contributed by atoms with E-state index in [-0.39, 0.29) is 24.6 Å². The Kier molecular flexibility index (Phi) is 15.5. The van der Waals surface area contributed by atoms with Gasteiger partial charge in [0.1, 0.15) is 5.75 Å². The molecule has 0 spiro atoms. The van der Waals surface area contributed by atoms with Crippen molar-refractivity contribution >= 4 is 24.4 Å². The van der Waals surface area contributed by atoms with Gasteiger partial charge in [0.15, 0.2) is 0 Å². The summed E-state index contributed by atoms with van der Waals surface area (Å²) in [6.07, 6.45) is 24.4. The molecule has 1 amide bonds. The van der Waals surface area contributed by atoms with E-state index < -0.39 is 7.60 Å². The molecule has 1 heterocycles. The van der Waals surface area contributed by atoms with Gasteiger partial charge in [-0.2, -0.15) is 0 Å². The minimum atomic E-state index is -4.20. The van der Waals surface area contributed by atoms with Crippen LogP contribution in [0.25, 0.3) is 10.9 Å². The van der Waals surface area contributed by atoms with Gasteiger partial charge in [0, 0.05) is 17.1 Å². The normalized spacial score (nSPS) is 20.1. The molecule has 1 fully saturated rings. The Morgan fingerprint density at radius 2 is 1.45 bits per heavy atom. The lowest BCUT2D eigenvalue weighted by atomic mass is 9.79. The van der Waals surface area contributed by atoms with Crippen LogP contribution < -0.4 is 16.0 Å². The number of unbranched alkanes of at least 4 members (excludes halogenated alkanes) is 3. The first kappa shape index (κ1) is 39.6. The third-order valence-electron chi connectivity index (χ3n) is 11.5. The number of benzene rings is 2. The molecule has 0 aliphatic heterocycles. The number of aromatic nitrogens is 1. The summed E-state index contributed by atoms with van der Waals surface area (Å²) in [5.41, 5.74) is 8.68. The molecule has 282 valence electrons. The van der Waals surface area contributed by atoms with Crippen LogP contribution in [0, 0.1) is 0 Å². The number of hydrazine groups is 1. The first-order valence-electron chi connectivity index (χ1n) is 20.2. The zero-order valence-electron chi connectivity index (χ0n) is 31.1. The minimum Gasteiger partial charge on any atom is -0.493 e. The Morgan fingerprint density at radius 3 is 2.06 bits per heavy atom. The molecular weight excluding hydrogens is 657 g/mol. The van der Waals surface area contributed by atoms with E-state index in [2.05, 4.69) is 53.3 Å². The van der Waals surface area contributed by atoms with E-state index in [0.29, 0.717) is 17.7 Å². The molecule has 1 saturated carbocycles. The second-order valence-electron chi connectivity index (χ2n) is 15.4. The lowest BCUT2D eigenvalue weighted by Gasteiger charge is -2.31. The van der Waals surface area contributed by atoms with Crippen molar-refractivity contribution in [3.8, 4) is 5.75 Å². The molecule has 1 aromatic heterocycles. The van der Waals surface area contributed by atoms with E-state index in [0.717, 1.165) is 75.2 Å². The average molecular weight is 722 g/mol. The van der Waals surface area contributed by atoms with Crippen molar-refractivity contribution < 1.29 is 23.9 Å². The van der Waals surface area contributed by atoms with Crippen LogP contribution in [-0.4, -0.2) is 33.0 Å². The highest BCUT2D eigenvalue weighted by Crippen LogP contribution is 2.49. The smallest absolute Gasteiger partial charge is 0.328 e. The summed E-state index contributed by atoms with van der Waals surface area (Å²) in [6, 6.07) is 15.2. The summed E-state index contributed by atoms with van der Waals surface area (Å²) in [6.45, 7) is 2.25. The molecule has 3 aromatic rings. The maximum Gasteiger partial charge on any atom is 0.328 e. The summed E-state index contributed by atoms with van der Waals surface area (Å²) in [5, 5.41) is 1.05. The molecular formula is C42H64N3O5P. The van der Waals surface area contributed by atoms with Gasteiger partial charge in [-0.05, 0) is 86.1 Å². The zero-order valence-corrected chi connectivity index (χ0v) is 32.0. The van der Waals surface area contributed by atoms with Gasteiger partial charge < -0.3 is 19.1 Å². The van der Waals surface area contributed by atoms with Crippen molar-refractivity contribution in [3.63, 3.8) is 0 Å². The number of carbonyl (C=O) groups is 1. The summed E-state index contributed by atoms with van der Waals surface area (Å²) in [4.78, 5) is 32.6. The van der Waals surface area contributed by atoms with Gasteiger partial charge in [0.05, 0.1) is 24.2 Å². The number of carbonyl (C=O) groups excluding carboxylic acids is 1. The van der Waals surface area contributed by atoms with Crippen LogP contribution in [0.2, 0.25) is 0 Å². The van der Waals surface area contributed by atoms with E-state index in [9.17, 15) is 19.1 Å². The first-order valence-corrected chi connectivity index (χ1v) is 22.0. The third kappa shape index (κ3) is 11.4. The highest BCUT2D eigenvalue weighted by atomic mass is 31.2. The quantitative estimate of drug-likeness (QED) is 0.0458. The fourth-order valence-electron chi connectivity index (χ4n) is 8.80. The predicted molar refractivity (Wildman–Crippen MR) is 208 cm³/mol. The molecule has 8 nitrogen and oxygen atoms in total. The maximum atomic E-state index is 13.4. The summed E-state index contributed by atoms with van der Waals surface area (Å²) in [7, 11) is -4.20. The Hall–Kier alpha value is -2.64. The molecule has 2 aromatic carbocycles. The number of nitrogens with two attached hydrogens (primary N) is 1. The van der Waals surface area contributed by atoms with Crippen molar-refractivity contribution in [2.75, 3.05) is 12.8 Å². The van der Waals surface area contributed by atoms with E-state index in [1.807, 2.05) is 6.07 Å². The summed E-state index contributed by atoms with van der Waals surface area (Å²) in [5.74, 6) is 6.23. The van der Waals surface area contributed by atoms with Gasteiger partial charge in [-0.1, -0.05) is 121 Å². The fraction of sp³-hybridized carbons (Fsp3) is 0.643. The number of ether oxygens (including phenoxy) is 1. The molecule has 0 bridgehead atoms. The number of nitrogens with one attached hydrogen (secondary N) is 1. The van der Waals surface area contributed by atoms with Crippen molar-refractivity contribution in [1.29, 1.82) is 0 Å². The molecule has 5 rings (SSSR count). The molecule has 2 atom stereocenters. The van der Waals surface area contributed by atoms with E-state index in [1.54, 1.807) is 0 Å². The Morgan fingerprint density at radius 1 is 0.843 bits per heavy atom. The Balaban J connectivity index is 1.53. The lowest BCUT2D eigenvalue weighted by molar-refractivity contribution is -0.123. The van der Waals surface area contributed by atoms with Gasteiger partial charge >= 0.3 is 7.60 Å². The van der Waals surface area contributed by atoms with Crippen molar-refractivity contribution in [2.24, 2.45) is 5.84 Å². The van der Waals surface area contributed by atoms with Crippen molar-refractivity contribution in [1.82, 2.24) is 9.99 Å². The average Bonchev–Trinajstić information content (AvgIpc) is 3.46. The number of amides is 1. The van der Waals surface area contributed by atoms with E-state index in [1.165, 1.54) is 93.0 Å². The second-order valence-corrected chi connectivity index (χ2v) is 17.2. The molecule has 2 aliphatic rings. The molecule has 2 unspecified atom stereocenters. The van der Waals surface area contributed by atoms with Crippen LogP contribution >= 0.6 is 7.60 Å². The monoisotopic (exact) mass is 721 g/mol. The zero-order chi connectivity index (χ0) is 36.1. The van der Waals surface area contributed by atoms with Crippen LogP contribution in [0.4, 0.5) is 0 Å². The van der Waals surface area contributed by atoms with E-state index >= 15 is 0 Å². The van der Waals surface area contributed by atoms with Gasteiger partial charge in [-0.25, -0.2) is 5.84 Å². The van der Waals surface area contributed by atoms with Gasteiger partial charge in [0.2, 0.25) is 5.91 Å². The molecule has 0 radical (unpaired) electrons. The number of hydrogen-bond acceptors (Lipinski definition) is 4. The highest BCUT2D eigenvalue weighted by molar-refractivity contribution is 7.51. The minimum absolute atomic E-state index is 0.0661. The molecule has 9 heteroatoms. The number of nitrogens with zero attached hydrogens (tertiary/aromatic N) is 1. The lowest BCUT2D eigenvalue weighted by Crippen LogP contribution is -2.36. The highest BCUT2D eigenvalue weighted by Gasteiger charge is 2.37. The van der Waals surface area contributed by atoms with Crippen molar-refractivity contribution in [2.45, 2.75) is 160 Å². The van der Waals surface area contributed by atoms with Crippen LogP contribution in [0.1, 0.15) is 169 Å². The molecule has 2 aliphatic carbocycles. The third-order valence-corrected chi connectivity index (χ3v) is 12.3. The maximum absolute atomic E-state index is 13.4. The van der Waals surface area contributed by atoms with E-state index in [4.69, 9.17) is 10.6 Å². The second kappa shape index (κ2) is 20.0. The number of hydrogen-bond donors (Lipinski definition) is 4.